The van der Waals surface area contributed by atoms with E-state index in [0.29, 0.717) is 22.2 Å². The molecule has 1 aromatic heterocycles. The number of aromatic carboxylic acids is 1. The summed E-state index contributed by atoms with van der Waals surface area (Å²) in [7, 11) is 1.46. The Labute approximate surface area is 242 Å². The summed E-state index contributed by atoms with van der Waals surface area (Å²) in [6.07, 6.45) is 3.53. The molecule has 0 atom stereocenters. The Hall–Kier alpha value is -5.49. The van der Waals surface area contributed by atoms with Gasteiger partial charge in [-0.2, -0.15) is 5.10 Å². The van der Waals surface area contributed by atoms with Gasteiger partial charge in [0.1, 0.15) is 22.7 Å². The monoisotopic (exact) mass is 554 g/mol. The highest BCUT2D eigenvalue weighted by molar-refractivity contribution is 6.03. The van der Waals surface area contributed by atoms with Crippen LogP contribution in [0.1, 0.15) is 38.3 Å². The number of nitrogens with zero attached hydrogens (tertiary/aromatic N) is 2. The molecule has 0 bridgehead atoms. The van der Waals surface area contributed by atoms with E-state index in [-0.39, 0.29) is 17.1 Å². The summed E-state index contributed by atoms with van der Waals surface area (Å²) < 4.78 is 21.7. The third-order valence-electron chi connectivity index (χ3n) is 7.44. The van der Waals surface area contributed by atoms with Gasteiger partial charge in [0.05, 0.1) is 23.7 Å². The van der Waals surface area contributed by atoms with Crippen molar-refractivity contribution >= 4 is 29.0 Å². The summed E-state index contributed by atoms with van der Waals surface area (Å²) in [5, 5.41) is 15.8. The van der Waals surface area contributed by atoms with Crippen molar-refractivity contribution in [2.24, 2.45) is 0 Å². The molecule has 0 amide bonds. The molecule has 6 heteroatoms. The zero-order valence-electron chi connectivity index (χ0n) is 22.8. The molecule has 0 aliphatic heterocycles. The summed E-state index contributed by atoms with van der Waals surface area (Å²) in [5.41, 5.74) is 3.79. The average molecular weight is 555 g/mol. The van der Waals surface area contributed by atoms with Gasteiger partial charge in [0.2, 0.25) is 0 Å². The van der Waals surface area contributed by atoms with Crippen LogP contribution in [0.5, 0.6) is 5.75 Å². The molecule has 42 heavy (non-hydrogen) atoms. The SMILES string of the molecule is COc1c(C(=O)O)ccc2c1c(C=Cc1cccc(F)c1)nn2C(c1ccccc1)(c1ccccc1)c1ccccc1. The number of ether oxygens (including phenoxy) is 1. The lowest BCUT2D eigenvalue weighted by Crippen LogP contribution is -2.38. The Balaban J connectivity index is 1.76. The number of hydrogen-bond donors (Lipinski definition) is 1. The van der Waals surface area contributed by atoms with Crippen LogP contribution in [-0.4, -0.2) is 28.0 Å². The lowest BCUT2D eigenvalue weighted by molar-refractivity contribution is 0.0693. The fraction of sp³-hybridized carbons (Fsp3) is 0.0556. The van der Waals surface area contributed by atoms with Gasteiger partial charge in [0.25, 0.3) is 0 Å². The Morgan fingerprint density at radius 1 is 0.786 bits per heavy atom. The van der Waals surface area contributed by atoms with Crippen LogP contribution in [0.3, 0.4) is 0 Å². The van der Waals surface area contributed by atoms with Gasteiger partial charge in [-0.05, 0) is 52.6 Å². The molecule has 0 fully saturated rings. The first-order valence-corrected chi connectivity index (χ1v) is 13.5. The molecule has 0 radical (unpaired) electrons. The molecular weight excluding hydrogens is 527 g/mol. The van der Waals surface area contributed by atoms with E-state index >= 15 is 0 Å². The van der Waals surface area contributed by atoms with E-state index < -0.39 is 11.5 Å². The number of fused-ring (bicyclic) bond motifs is 1. The second kappa shape index (κ2) is 11.2. The molecule has 0 aliphatic carbocycles. The van der Waals surface area contributed by atoms with Gasteiger partial charge in [0, 0.05) is 0 Å². The molecule has 206 valence electrons. The van der Waals surface area contributed by atoms with Crippen LogP contribution in [-0.2, 0) is 5.54 Å². The van der Waals surface area contributed by atoms with E-state index in [4.69, 9.17) is 9.84 Å². The van der Waals surface area contributed by atoms with Gasteiger partial charge in [-0.1, -0.05) is 109 Å². The highest BCUT2D eigenvalue weighted by atomic mass is 19.1. The van der Waals surface area contributed by atoms with E-state index in [1.54, 1.807) is 36.4 Å². The van der Waals surface area contributed by atoms with Crippen LogP contribution in [0.2, 0.25) is 0 Å². The smallest absolute Gasteiger partial charge is 0.339 e. The van der Waals surface area contributed by atoms with Crippen LogP contribution < -0.4 is 4.74 Å². The number of carboxylic acids is 1. The Morgan fingerprint density at radius 3 is 1.86 bits per heavy atom. The molecule has 6 aromatic rings. The third kappa shape index (κ3) is 4.53. The van der Waals surface area contributed by atoms with Crippen molar-refractivity contribution < 1.29 is 19.0 Å². The zero-order chi connectivity index (χ0) is 29.1. The van der Waals surface area contributed by atoms with Crippen molar-refractivity contribution in [1.82, 2.24) is 9.78 Å². The fourth-order valence-electron chi connectivity index (χ4n) is 5.65. The van der Waals surface area contributed by atoms with Crippen LogP contribution in [0.4, 0.5) is 4.39 Å². The normalized spacial score (nSPS) is 11.7. The molecule has 0 unspecified atom stereocenters. The lowest BCUT2D eigenvalue weighted by Gasteiger charge is -2.37. The first kappa shape index (κ1) is 26.7. The summed E-state index contributed by atoms with van der Waals surface area (Å²) in [6, 6.07) is 39.9. The van der Waals surface area contributed by atoms with E-state index in [0.717, 1.165) is 16.7 Å². The molecule has 0 spiro atoms. The molecule has 5 nitrogen and oxygen atoms in total. The number of methoxy groups -OCH3 is 1. The summed E-state index contributed by atoms with van der Waals surface area (Å²) >= 11 is 0. The predicted molar refractivity (Wildman–Crippen MR) is 163 cm³/mol. The quantitative estimate of drug-likeness (QED) is 0.194. The topological polar surface area (TPSA) is 64.3 Å². The molecule has 0 aliphatic rings. The third-order valence-corrected chi connectivity index (χ3v) is 7.44. The van der Waals surface area contributed by atoms with E-state index in [1.165, 1.54) is 19.2 Å². The minimum Gasteiger partial charge on any atom is -0.495 e. The van der Waals surface area contributed by atoms with Crippen molar-refractivity contribution in [3.05, 3.63) is 167 Å². The second-order valence-corrected chi connectivity index (χ2v) is 9.84. The Kier molecular flexibility index (Phi) is 7.11. The van der Waals surface area contributed by atoms with Crippen LogP contribution in [0.25, 0.3) is 23.1 Å². The number of carboxylic acid groups (broad SMARTS) is 1. The van der Waals surface area contributed by atoms with Gasteiger partial charge < -0.3 is 9.84 Å². The van der Waals surface area contributed by atoms with Crippen molar-refractivity contribution in [3.8, 4) is 5.75 Å². The molecule has 6 rings (SSSR count). The van der Waals surface area contributed by atoms with E-state index in [1.807, 2.05) is 59.3 Å². The molecule has 1 heterocycles. The van der Waals surface area contributed by atoms with Gasteiger partial charge in [-0.3, -0.25) is 0 Å². The molecule has 5 aromatic carbocycles. The molecule has 1 N–H and O–H groups in total. The Morgan fingerprint density at radius 2 is 1.36 bits per heavy atom. The van der Waals surface area contributed by atoms with Crippen molar-refractivity contribution in [1.29, 1.82) is 0 Å². The van der Waals surface area contributed by atoms with Crippen molar-refractivity contribution in [3.63, 3.8) is 0 Å². The number of halogens is 1. The van der Waals surface area contributed by atoms with Gasteiger partial charge in [-0.25, -0.2) is 13.9 Å². The van der Waals surface area contributed by atoms with Crippen LogP contribution in [0, 0.1) is 5.82 Å². The standard InChI is InChI=1S/C36H27FN2O3/c1-42-34-30(35(40)41)21-23-32-33(34)31(22-20-25-12-11-19-29(37)24-25)38-39(32)36(26-13-5-2-6-14-26,27-15-7-3-8-16-27)28-17-9-4-10-18-28/h2-24H,1H3,(H,40,41). The minimum atomic E-state index is -1.11. The summed E-state index contributed by atoms with van der Waals surface area (Å²) in [6.45, 7) is 0. The maximum atomic E-state index is 14.0. The number of aromatic nitrogens is 2. The molecular formula is C36H27FN2O3. The summed E-state index contributed by atoms with van der Waals surface area (Å²) in [5.74, 6) is -1.26. The van der Waals surface area contributed by atoms with Crippen molar-refractivity contribution in [2.75, 3.05) is 7.11 Å². The number of hydrogen-bond acceptors (Lipinski definition) is 3. The maximum Gasteiger partial charge on any atom is 0.339 e. The highest BCUT2D eigenvalue weighted by Gasteiger charge is 2.41. The average Bonchev–Trinajstić information content (AvgIpc) is 3.40. The van der Waals surface area contributed by atoms with E-state index in [2.05, 4.69) is 36.4 Å². The number of carbonyl (C=O) groups is 1. The number of benzene rings is 5. The van der Waals surface area contributed by atoms with Gasteiger partial charge >= 0.3 is 5.97 Å². The second-order valence-electron chi connectivity index (χ2n) is 9.84. The van der Waals surface area contributed by atoms with Gasteiger partial charge in [-0.15, -0.1) is 0 Å². The zero-order valence-corrected chi connectivity index (χ0v) is 22.8. The minimum absolute atomic E-state index is 0.0229. The lowest BCUT2D eigenvalue weighted by atomic mass is 9.77. The van der Waals surface area contributed by atoms with Crippen molar-refractivity contribution in [2.45, 2.75) is 5.54 Å². The van der Waals surface area contributed by atoms with E-state index in [9.17, 15) is 14.3 Å². The first-order valence-electron chi connectivity index (χ1n) is 13.5. The summed E-state index contributed by atoms with van der Waals surface area (Å²) in [4.78, 5) is 12.3. The fourth-order valence-corrected chi connectivity index (χ4v) is 5.65. The van der Waals surface area contributed by atoms with Gasteiger partial charge in [0.15, 0.2) is 0 Å². The first-order chi connectivity index (χ1) is 20.5. The predicted octanol–water partition coefficient (Wildman–Crippen LogP) is 7.89. The largest absolute Gasteiger partial charge is 0.495 e. The molecule has 0 saturated heterocycles. The Bertz CT molecular complexity index is 1800. The van der Waals surface area contributed by atoms with Crippen LogP contribution >= 0.6 is 0 Å². The number of rotatable bonds is 8. The maximum absolute atomic E-state index is 14.0. The molecule has 0 saturated carbocycles. The van der Waals surface area contributed by atoms with Crippen LogP contribution in [0.15, 0.2) is 127 Å². The highest BCUT2D eigenvalue weighted by Crippen LogP contribution is 2.44.